The van der Waals surface area contributed by atoms with Crippen LogP contribution in [0, 0.1) is 19.8 Å². The van der Waals surface area contributed by atoms with Crippen molar-refractivity contribution in [3.8, 4) is 0 Å². The maximum absolute atomic E-state index is 3.68. The molecule has 0 amide bonds. The SMILES string of the molecule is CCNC(CN(CC(C)C)C(C)C)c1cc(C)ccc1C. The van der Waals surface area contributed by atoms with Gasteiger partial charge in [0.05, 0.1) is 0 Å². The molecule has 1 rings (SSSR count). The highest BCUT2D eigenvalue weighted by Gasteiger charge is 2.19. The molecule has 21 heavy (non-hydrogen) atoms. The first-order chi connectivity index (χ1) is 9.85. The molecule has 0 aliphatic heterocycles. The molecule has 0 spiro atoms. The van der Waals surface area contributed by atoms with Gasteiger partial charge in [-0.25, -0.2) is 0 Å². The molecule has 1 unspecified atom stereocenters. The average Bonchev–Trinajstić information content (AvgIpc) is 2.39. The number of benzene rings is 1. The lowest BCUT2D eigenvalue weighted by Gasteiger charge is -2.33. The van der Waals surface area contributed by atoms with Gasteiger partial charge in [-0.15, -0.1) is 0 Å². The van der Waals surface area contributed by atoms with E-state index < -0.39 is 0 Å². The fourth-order valence-electron chi connectivity index (χ4n) is 2.85. The molecule has 1 N–H and O–H groups in total. The van der Waals surface area contributed by atoms with Crippen molar-refractivity contribution >= 4 is 0 Å². The summed E-state index contributed by atoms with van der Waals surface area (Å²) in [6.45, 7) is 19.0. The molecule has 2 nitrogen and oxygen atoms in total. The van der Waals surface area contributed by atoms with Gasteiger partial charge < -0.3 is 5.32 Å². The predicted octanol–water partition coefficient (Wildman–Crippen LogP) is 4.32. The van der Waals surface area contributed by atoms with E-state index in [-0.39, 0.29) is 0 Å². The number of nitrogens with zero attached hydrogens (tertiary/aromatic N) is 1. The van der Waals surface area contributed by atoms with Crippen molar-refractivity contribution in [2.24, 2.45) is 5.92 Å². The van der Waals surface area contributed by atoms with Gasteiger partial charge in [0.2, 0.25) is 0 Å². The Morgan fingerprint density at radius 3 is 2.24 bits per heavy atom. The lowest BCUT2D eigenvalue weighted by molar-refractivity contribution is 0.177. The summed E-state index contributed by atoms with van der Waals surface area (Å²) in [7, 11) is 0. The van der Waals surface area contributed by atoms with Crippen LogP contribution in [0.5, 0.6) is 0 Å². The minimum atomic E-state index is 0.413. The maximum Gasteiger partial charge on any atom is 0.0452 e. The van der Waals surface area contributed by atoms with E-state index >= 15 is 0 Å². The fraction of sp³-hybridized carbons (Fsp3) is 0.684. The van der Waals surface area contributed by atoms with E-state index in [0.717, 1.165) is 19.6 Å². The molecule has 0 saturated carbocycles. The minimum absolute atomic E-state index is 0.413. The van der Waals surface area contributed by atoms with Crippen molar-refractivity contribution in [1.29, 1.82) is 0 Å². The molecule has 2 heteroatoms. The Hall–Kier alpha value is -0.860. The number of hydrogen-bond donors (Lipinski definition) is 1. The second-order valence-electron chi connectivity index (χ2n) is 6.91. The zero-order valence-electron chi connectivity index (χ0n) is 15.0. The summed E-state index contributed by atoms with van der Waals surface area (Å²) in [5.74, 6) is 0.702. The van der Waals surface area contributed by atoms with E-state index in [9.17, 15) is 0 Å². The lowest BCUT2D eigenvalue weighted by atomic mass is 9.97. The van der Waals surface area contributed by atoms with Crippen LogP contribution in [0.2, 0.25) is 0 Å². The number of nitrogens with one attached hydrogen (secondary N) is 1. The van der Waals surface area contributed by atoms with Crippen LogP contribution in [0.1, 0.15) is 57.4 Å². The van der Waals surface area contributed by atoms with Crippen LogP contribution in [-0.4, -0.2) is 30.6 Å². The molecule has 0 aliphatic rings. The van der Waals surface area contributed by atoms with Gasteiger partial charge in [0, 0.05) is 25.2 Å². The summed E-state index contributed by atoms with van der Waals surface area (Å²) in [5, 5.41) is 3.68. The fourth-order valence-corrected chi connectivity index (χ4v) is 2.85. The van der Waals surface area contributed by atoms with Gasteiger partial charge >= 0.3 is 0 Å². The van der Waals surface area contributed by atoms with Crippen LogP contribution in [0.4, 0.5) is 0 Å². The van der Waals surface area contributed by atoms with E-state index in [1.54, 1.807) is 0 Å². The van der Waals surface area contributed by atoms with Crippen molar-refractivity contribution in [1.82, 2.24) is 10.2 Å². The number of hydrogen-bond acceptors (Lipinski definition) is 2. The molecular formula is C19H34N2. The lowest BCUT2D eigenvalue weighted by Crippen LogP contribution is -2.41. The van der Waals surface area contributed by atoms with Crippen molar-refractivity contribution in [2.75, 3.05) is 19.6 Å². The van der Waals surface area contributed by atoms with Gasteiger partial charge in [0.25, 0.3) is 0 Å². The second kappa shape index (κ2) is 8.55. The van der Waals surface area contributed by atoms with Crippen LogP contribution >= 0.6 is 0 Å². The largest absolute Gasteiger partial charge is 0.309 e. The molecule has 0 saturated heterocycles. The highest BCUT2D eigenvalue weighted by atomic mass is 15.2. The van der Waals surface area contributed by atoms with E-state index in [1.807, 2.05) is 0 Å². The molecule has 0 aromatic heterocycles. The van der Waals surface area contributed by atoms with Crippen LogP contribution in [0.25, 0.3) is 0 Å². The van der Waals surface area contributed by atoms with Crippen LogP contribution in [0.15, 0.2) is 18.2 Å². The molecule has 1 atom stereocenters. The first-order valence-corrected chi connectivity index (χ1v) is 8.39. The molecule has 120 valence electrons. The first kappa shape index (κ1) is 18.2. The monoisotopic (exact) mass is 290 g/mol. The van der Waals surface area contributed by atoms with Crippen LogP contribution in [0.3, 0.4) is 0 Å². The standard InChI is InChI=1S/C19H34N2/c1-8-20-19(13-21(15(4)5)12-14(2)3)18-11-16(6)9-10-17(18)7/h9-11,14-15,19-20H,8,12-13H2,1-7H3. The summed E-state index contributed by atoms with van der Waals surface area (Å²) in [6, 6.07) is 7.79. The maximum atomic E-state index is 3.68. The Balaban J connectivity index is 2.96. The highest BCUT2D eigenvalue weighted by Crippen LogP contribution is 2.21. The Labute approximate surface area is 131 Å². The van der Waals surface area contributed by atoms with Crippen molar-refractivity contribution in [2.45, 2.75) is 60.5 Å². The third kappa shape index (κ3) is 5.80. The molecule has 1 aromatic carbocycles. The number of likely N-dealkylation sites (N-methyl/N-ethyl adjacent to an activating group) is 1. The van der Waals surface area contributed by atoms with Crippen molar-refractivity contribution in [3.63, 3.8) is 0 Å². The predicted molar refractivity (Wildman–Crippen MR) is 93.9 cm³/mol. The van der Waals surface area contributed by atoms with Gasteiger partial charge in [0.1, 0.15) is 0 Å². The molecule has 0 radical (unpaired) electrons. The van der Waals surface area contributed by atoms with E-state index in [1.165, 1.54) is 16.7 Å². The molecule has 1 aromatic rings. The van der Waals surface area contributed by atoms with Gasteiger partial charge in [-0.1, -0.05) is 44.5 Å². The number of aryl methyl sites for hydroxylation is 2. The molecule has 0 bridgehead atoms. The molecular weight excluding hydrogens is 256 g/mol. The zero-order valence-corrected chi connectivity index (χ0v) is 15.0. The Kier molecular flexibility index (Phi) is 7.41. The molecule has 0 aliphatic carbocycles. The average molecular weight is 290 g/mol. The summed E-state index contributed by atoms with van der Waals surface area (Å²) >= 11 is 0. The summed E-state index contributed by atoms with van der Waals surface area (Å²) in [4.78, 5) is 2.60. The number of rotatable bonds is 8. The van der Waals surface area contributed by atoms with E-state index in [2.05, 4.69) is 76.9 Å². The van der Waals surface area contributed by atoms with Crippen molar-refractivity contribution in [3.05, 3.63) is 34.9 Å². The van der Waals surface area contributed by atoms with Gasteiger partial charge in [-0.05, 0) is 51.3 Å². The minimum Gasteiger partial charge on any atom is -0.309 e. The van der Waals surface area contributed by atoms with Gasteiger partial charge in [0.15, 0.2) is 0 Å². The van der Waals surface area contributed by atoms with Crippen molar-refractivity contribution < 1.29 is 0 Å². The highest BCUT2D eigenvalue weighted by molar-refractivity contribution is 5.33. The Morgan fingerprint density at radius 1 is 1.05 bits per heavy atom. The summed E-state index contributed by atoms with van der Waals surface area (Å²) in [6.07, 6.45) is 0. The summed E-state index contributed by atoms with van der Waals surface area (Å²) in [5.41, 5.74) is 4.18. The van der Waals surface area contributed by atoms with Gasteiger partial charge in [-0.2, -0.15) is 0 Å². The van der Waals surface area contributed by atoms with E-state index in [0.29, 0.717) is 18.0 Å². The Bertz CT molecular complexity index is 424. The second-order valence-corrected chi connectivity index (χ2v) is 6.91. The Morgan fingerprint density at radius 2 is 1.71 bits per heavy atom. The third-order valence-electron chi connectivity index (χ3n) is 4.01. The van der Waals surface area contributed by atoms with Gasteiger partial charge in [-0.3, -0.25) is 4.90 Å². The van der Waals surface area contributed by atoms with Crippen LogP contribution in [-0.2, 0) is 0 Å². The first-order valence-electron chi connectivity index (χ1n) is 8.39. The zero-order chi connectivity index (χ0) is 16.0. The van der Waals surface area contributed by atoms with E-state index in [4.69, 9.17) is 0 Å². The van der Waals surface area contributed by atoms with Crippen LogP contribution < -0.4 is 5.32 Å². The molecule has 0 heterocycles. The third-order valence-corrected chi connectivity index (χ3v) is 4.01. The molecule has 0 fully saturated rings. The smallest absolute Gasteiger partial charge is 0.0452 e. The quantitative estimate of drug-likeness (QED) is 0.767. The summed E-state index contributed by atoms with van der Waals surface area (Å²) < 4.78 is 0. The normalized spacial score (nSPS) is 13.4. The topological polar surface area (TPSA) is 15.3 Å².